The van der Waals surface area contributed by atoms with Crippen LogP contribution in [0.3, 0.4) is 0 Å². The van der Waals surface area contributed by atoms with E-state index in [0.29, 0.717) is 47.0 Å². The van der Waals surface area contributed by atoms with Gasteiger partial charge in [-0.3, -0.25) is 9.59 Å². The molecule has 1 fully saturated rings. The van der Waals surface area contributed by atoms with Crippen LogP contribution >= 0.6 is 11.3 Å². The number of fused-ring (bicyclic) bond motifs is 1. The Bertz CT molecular complexity index is 684. The van der Waals surface area contributed by atoms with Gasteiger partial charge >= 0.3 is 0 Å². The first-order valence-electron chi connectivity index (χ1n) is 7.61. The molecule has 1 atom stereocenters. The number of hydrogen-bond acceptors (Lipinski definition) is 5. The molecular formula is C16H19N3O2S. The van der Waals surface area contributed by atoms with Gasteiger partial charge in [-0.2, -0.15) is 5.26 Å². The molecule has 2 aliphatic carbocycles. The normalized spacial score (nSPS) is 23.9. The Kier molecular flexibility index (Phi) is 3.69. The van der Waals surface area contributed by atoms with Crippen LogP contribution in [-0.4, -0.2) is 11.7 Å². The number of carbonyl (C=O) groups is 2. The van der Waals surface area contributed by atoms with Crippen LogP contribution in [0.15, 0.2) is 0 Å². The van der Waals surface area contributed by atoms with Gasteiger partial charge in [-0.15, -0.1) is 11.3 Å². The van der Waals surface area contributed by atoms with Gasteiger partial charge in [-0.1, -0.05) is 12.8 Å². The summed E-state index contributed by atoms with van der Waals surface area (Å²) in [6.45, 7) is 0. The van der Waals surface area contributed by atoms with Crippen LogP contribution in [-0.2, 0) is 6.42 Å². The molecule has 116 valence electrons. The van der Waals surface area contributed by atoms with Gasteiger partial charge in [0.1, 0.15) is 0 Å². The van der Waals surface area contributed by atoms with E-state index >= 15 is 0 Å². The third-order valence-corrected chi connectivity index (χ3v) is 5.97. The minimum Gasteiger partial charge on any atom is -0.390 e. The standard InChI is InChI=1S/C16H19N3O2S/c17-7-1-5-16(8-9-2-3-9)6-4-10-11(14(18)21)15(19)22-12(10)13(16)20/h9H,1-6,8,19H2,(H2,18,21). The van der Waals surface area contributed by atoms with Gasteiger partial charge in [-0.25, -0.2) is 0 Å². The van der Waals surface area contributed by atoms with E-state index in [1.54, 1.807) is 0 Å². The van der Waals surface area contributed by atoms with E-state index < -0.39 is 11.3 Å². The number of carbonyl (C=O) groups excluding carboxylic acids is 2. The summed E-state index contributed by atoms with van der Waals surface area (Å²) in [6.07, 6.45) is 5.52. The number of nitriles is 1. The summed E-state index contributed by atoms with van der Waals surface area (Å²) < 4.78 is 0. The molecule has 1 aromatic heterocycles. The van der Waals surface area contributed by atoms with Crippen molar-refractivity contribution in [1.29, 1.82) is 5.26 Å². The monoisotopic (exact) mass is 317 g/mol. The molecule has 0 radical (unpaired) electrons. The average Bonchev–Trinajstić information content (AvgIpc) is 3.21. The molecule has 1 heterocycles. The minimum absolute atomic E-state index is 0.0695. The van der Waals surface area contributed by atoms with Crippen LogP contribution in [0, 0.1) is 22.7 Å². The van der Waals surface area contributed by atoms with E-state index in [-0.39, 0.29) is 5.78 Å². The van der Waals surface area contributed by atoms with Crippen molar-refractivity contribution in [3.8, 4) is 6.07 Å². The first kappa shape index (κ1) is 15.0. The molecule has 0 spiro atoms. The molecule has 4 N–H and O–H groups in total. The van der Waals surface area contributed by atoms with E-state index in [4.69, 9.17) is 16.7 Å². The van der Waals surface area contributed by atoms with Crippen LogP contribution in [0.1, 0.15) is 64.1 Å². The molecule has 6 heteroatoms. The van der Waals surface area contributed by atoms with Gasteiger partial charge in [0.25, 0.3) is 5.91 Å². The number of thiophene rings is 1. The molecule has 1 aromatic rings. The molecule has 2 aliphatic rings. The summed E-state index contributed by atoms with van der Waals surface area (Å²) >= 11 is 1.18. The molecular weight excluding hydrogens is 298 g/mol. The fraction of sp³-hybridized carbons (Fsp3) is 0.562. The van der Waals surface area contributed by atoms with Gasteiger partial charge in [0.05, 0.1) is 21.5 Å². The number of hydrogen-bond donors (Lipinski definition) is 2. The molecule has 0 saturated heterocycles. The molecule has 1 saturated carbocycles. The topological polar surface area (TPSA) is 110 Å². The van der Waals surface area contributed by atoms with Crippen LogP contribution in [0.5, 0.6) is 0 Å². The van der Waals surface area contributed by atoms with E-state index in [2.05, 4.69) is 6.07 Å². The lowest BCUT2D eigenvalue weighted by Gasteiger charge is -2.35. The summed E-state index contributed by atoms with van der Waals surface area (Å²) in [5.41, 5.74) is 11.9. The molecule has 22 heavy (non-hydrogen) atoms. The Morgan fingerprint density at radius 2 is 2.18 bits per heavy atom. The van der Waals surface area contributed by atoms with Gasteiger partial charge in [0.2, 0.25) is 0 Å². The van der Waals surface area contributed by atoms with Crippen molar-refractivity contribution in [1.82, 2.24) is 0 Å². The molecule has 1 unspecified atom stereocenters. The number of nitrogens with two attached hydrogens (primary N) is 2. The highest BCUT2D eigenvalue weighted by Crippen LogP contribution is 2.51. The number of primary amides is 1. The van der Waals surface area contributed by atoms with Crippen molar-refractivity contribution < 1.29 is 9.59 Å². The second-order valence-electron chi connectivity index (χ2n) is 6.43. The Labute approximate surface area is 133 Å². The molecule has 0 aliphatic heterocycles. The third-order valence-electron chi connectivity index (χ3n) is 4.91. The number of anilines is 1. The first-order chi connectivity index (χ1) is 10.5. The summed E-state index contributed by atoms with van der Waals surface area (Å²) in [4.78, 5) is 25.3. The lowest BCUT2D eigenvalue weighted by Crippen LogP contribution is -2.36. The zero-order valence-electron chi connectivity index (χ0n) is 12.4. The Hall–Kier alpha value is -1.87. The summed E-state index contributed by atoms with van der Waals surface area (Å²) in [7, 11) is 0. The van der Waals surface area contributed by atoms with Crippen molar-refractivity contribution in [3.63, 3.8) is 0 Å². The quantitative estimate of drug-likeness (QED) is 0.869. The van der Waals surface area contributed by atoms with Gasteiger partial charge in [0.15, 0.2) is 5.78 Å². The maximum atomic E-state index is 13.1. The predicted molar refractivity (Wildman–Crippen MR) is 84.5 cm³/mol. The van der Waals surface area contributed by atoms with Gasteiger partial charge in [-0.05, 0) is 37.2 Å². The maximum absolute atomic E-state index is 13.1. The number of amides is 1. The van der Waals surface area contributed by atoms with Crippen LogP contribution in [0.25, 0.3) is 0 Å². The summed E-state index contributed by atoms with van der Waals surface area (Å²) in [5.74, 6) is 0.117. The second-order valence-corrected chi connectivity index (χ2v) is 7.48. The van der Waals surface area contributed by atoms with E-state index in [1.165, 1.54) is 24.2 Å². The van der Waals surface area contributed by atoms with Crippen molar-refractivity contribution in [2.24, 2.45) is 17.1 Å². The number of nitrogens with zero attached hydrogens (tertiary/aromatic N) is 1. The zero-order valence-corrected chi connectivity index (χ0v) is 13.2. The van der Waals surface area contributed by atoms with Gasteiger partial charge in [0, 0.05) is 11.8 Å². The van der Waals surface area contributed by atoms with Gasteiger partial charge < -0.3 is 11.5 Å². The van der Waals surface area contributed by atoms with Crippen molar-refractivity contribution in [2.45, 2.75) is 44.9 Å². The third kappa shape index (κ3) is 2.40. The fourth-order valence-electron chi connectivity index (χ4n) is 3.60. The fourth-order valence-corrected chi connectivity index (χ4v) is 4.78. The molecule has 3 rings (SSSR count). The molecule has 0 bridgehead atoms. The van der Waals surface area contributed by atoms with Crippen molar-refractivity contribution in [2.75, 3.05) is 5.73 Å². The second kappa shape index (κ2) is 5.40. The smallest absolute Gasteiger partial charge is 0.251 e. The zero-order chi connectivity index (χ0) is 15.9. The number of Topliss-reactive ketones (excluding diaryl/α,β-unsaturated/α-hetero) is 1. The van der Waals surface area contributed by atoms with Crippen molar-refractivity contribution in [3.05, 3.63) is 16.0 Å². The molecule has 5 nitrogen and oxygen atoms in total. The van der Waals surface area contributed by atoms with Crippen molar-refractivity contribution >= 4 is 28.0 Å². The predicted octanol–water partition coefficient (Wildman–Crippen LogP) is 2.65. The Morgan fingerprint density at radius 1 is 1.45 bits per heavy atom. The highest BCUT2D eigenvalue weighted by molar-refractivity contribution is 7.18. The molecule has 1 amide bonds. The maximum Gasteiger partial charge on any atom is 0.251 e. The number of rotatable bonds is 5. The Balaban J connectivity index is 1.99. The summed E-state index contributed by atoms with van der Waals surface area (Å²) in [5, 5.41) is 9.26. The van der Waals surface area contributed by atoms with Crippen LogP contribution in [0.2, 0.25) is 0 Å². The van der Waals surface area contributed by atoms with Crippen LogP contribution in [0.4, 0.5) is 5.00 Å². The SMILES string of the molecule is N#CCCC1(CC2CC2)CCc2c(sc(N)c2C(N)=O)C1=O. The van der Waals surface area contributed by atoms with E-state index in [0.717, 1.165) is 12.0 Å². The van der Waals surface area contributed by atoms with E-state index in [1.807, 2.05) is 0 Å². The number of nitrogen functional groups attached to an aromatic ring is 1. The number of ketones is 1. The highest BCUT2D eigenvalue weighted by atomic mass is 32.1. The lowest BCUT2D eigenvalue weighted by molar-refractivity contribution is 0.0713. The van der Waals surface area contributed by atoms with Crippen LogP contribution < -0.4 is 11.5 Å². The Morgan fingerprint density at radius 3 is 2.77 bits per heavy atom. The molecule has 0 aromatic carbocycles. The highest BCUT2D eigenvalue weighted by Gasteiger charge is 2.47. The first-order valence-corrected chi connectivity index (χ1v) is 8.43. The largest absolute Gasteiger partial charge is 0.390 e. The van der Waals surface area contributed by atoms with E-state index in [9.17, 15) is 9.59 Å². The lowest BCUT2D eigenvalue weighted by atomic mass is 9.67. The minimum atomic E-state index is -0.561. The summed E-state index contributed by atoms with van der Waals surface area (Å²) in [6, 6.07) is 2.17. The average molecular weight is 317 g/mol.